The van der Waals surface area contributed by atoms with Gasteiger partial charge in [-0.25, -0.2) is 4.79 Å². The summed E-state index contributed by atoms with van der Waals surface area (Å²) in [4.78, 5) is 38.1. The van der Waals surface area contributed by atoms with E-state index in [1.165, 1.54) is 4.57 Å². The summed E-state index contributed by atoms with van der Waals surface area (Å²) < 4.78 is 1.51. The van der Waals surface area contributed by atoms with Gasteiger partial charge in [0.05, 0.1) is 6.04 Å². The van der Waals surface area contributed by atoms with Crippen LogP contribution in [0.4, 0.5) is 10.5 Å². The van der Waals surface area contributed by atoms with Crippen molar-refractivity contribution in [2.45, 2.75) is 19.5 Å². The predicted molar refractivity (Wildman–Crippen MR) is 94.7 cm³/mol. The number of likely N-dealkylation sites (N-methyl/N-ethyl adjacent to an activating group) is 1. The molecule has 1 atom stereocenters. The molecular weight excluding hydrogens is 320 g/mol. The van der Waals surface area contributed by atoms with Crippen LogP contribution < -0.4 is 16.2 Å². The van der Waals surface area contributed by atoms with E-state index < -0.39 is 6.03 Å². The SMILES string of the molecule is CCn1cccc(NC(=O)NCC2c3ccccc3C(=O)N2C)c1=O. The highest BCUT2D eigenvalue weighted by Crippen LogP contribution is 2.31. The maximum Gasteiger partial charge on any atom is 0.319 e. The van der Waals surface area contributed by atoms with Crippen LogP contribution in [0.1, 0.15) is 28.9 Å². The number of urea groups is 1. The Bertz CT molecular complexity index is 875. The molecule has 0 saturated heterocycles. The fraction of sp³-hybridized carbons (Fsp3) is 0.278. The number of rotatable bonds is 4. The van der Waals surface area contributed by atoms with Crippen molar-refractivity contribution < 1.29 is 9.59 Å². The van der Waals surface area contributed by atoms with Gasteiger partial charge in [0.25, 0.3) is 11.5 Å². The number of aromatic nitrogens is 1. The molecule has 1 aliphatic rings. The number of pyridine rings is 1. The van der Waals surface area contributed by atoms with Gasteiger partial charge in [-0.15, -0.1) is 0 Å². The molecule has 3 rings (SSSR count). The van der Waals surface area contributed by atoms with Crippen LogP contribution in [0.5, 0.6) is 0 Å². The van der Waals surface area contributed by atoms with Crippen molar-refractivity contribution in [2.24, 2.45) is 0 Å². The molecule has 2 N–H and O–H groups in total. The number of fused-ring (bicyclic) bond motifs is 1. The minimum absolute atomic E-state index is 0.0586. The summed E-state index contributed by atoms with van der Waals surface area (Å²) in [5, 5.41) is 5.31. The number of nitrogens with zero attached hydrogens (tertiary/aromatic N) is 2. The van der Waals surface area contributed by atoms with Gasteiger partial charge < -0.3 is 20.1 Å². The lowest BCUT2D eigenvalue weighted by Gasteiger charge is -2.21. The fourth-order valence-corrected chi connectivity index (χ4v) is 3.01. The Balaban J connectivity index is 1.67. The summed E-state index contributed by atoms with van der Waals surface area (Å²) in [5.41, 5.74) is 1.52. The molecule has 2 heterocycles. The van der Waals surface area contributed by atoms with Crippen molar-refractivity contribution in [1.82, 2.24) is 14.8 Å². The summed E-state index contributed by atoms with van der Waals surface area (Å²) in [6.07, 6.45) is 1.67. The summed E-state index contributed by atoms with van der Waals surface area (Å²) in [6, 6.07) is 9.93. The molecule has 0 radical (unpaired) electrons. The normalized spacial score (nSPS) is 15.8. The van der Waals surface area contributed by atoms with Gasteiger partial charge in [-0.05, 0) is 30.7 Å². The third-order valence-corrected chi connectivity index (χ3v) is 4.40. The average Bonchev–Trinajstić information content (AvgIpc) is 2.86. The maximum atomic E-state index is 12.2. The van der Waals surface area contributed by atoms with Crippen LogP contribution in [-0.2, 0) is 6.54 Å². The number of nitrogens with one attached hydrogen (secondary N) is 2. The molecular formula is C18H20N4O3. The van der Waals surface area contributed by atoms with Crippen molar-refractivity contribution >= 4 is 17.6 Å². The molecule has 2 aromatic rings. The fourth-order valence-electron chi connectivity index (χ4n) is 3.01. The zero-order valence-corrected chi connectivity index (χ0v) is 14.2. The Morgan fingerprint density at radius 3 is 2.68 bits per heavy atom. The van der Waals surface area contributed by atoms with Gasteiger partial charge in [0, 0.05) is 31.9 Å². The minimum Gasteiger partial charge on any atom is -0.335 e. The number of amides is 3. The van der Waals surface area contributed by atoms with Gasteiger partial charge in [-0.1, -0.05) is 18.2 Å². The Morgan fingerprint density at radius 1 is 1.16 bits per heavy atom. The van der Waals surface area contributed by atoms with Crippen molar-refractivity contribution in [3.05, 3.63) is 64.1 Å². The van der Waals surface area contributed by atoms with Crippen LogP contribution in [0.3, 0.4) is 0 Å². The second-order valence-electron chi connectivity index (χ2n) is 5.87. The van der Waals surface area contributed by atoms with Crippen LogP contribution in [0.15, 0.2) is 47.4 Å². The van der Waals surface area contributed by atoms with Gasteiger partial charge >= 0.3 is 6.03 Å². The topological polar surface area (TPSA) is 83.4 Å². The molecule has 1 aromatic carbocycles. The summed E-state index contributed by atoms with van der Waals surface area (Å²) >= 11 is 0. The van der Waals surface area contributed by atoms with Gasteiger partial charge in [0.1, 0.15) is 5.69 Å². The number of hydrogen-bond donors (Lipinski definition) is 2. The lowest BCUT2D eigenvalue weighted by atomic mass is 10.1. The molecule has 0 bridgehead atoms. The summed E-state index contributed by atoms with van der Waals surface area (Å²) in [7, 11) is 1.71. The molecule has 0 aliphatic carbocycles. The van der Waals surface area contributed by atoms with E-state index in [1.807, 2.05) is 25.1 Å². The molecule has 1 aliphatic heterocycles. The van der Waals surface area contributed by atoms with Crippen molar-refractivity contribution in [2.75, 3.05) is 18.9 Å². The molecule has 25 heavy (non-hydrogen) atoms. The molecule has 0 fully saturated rings. The third kappa shape index (κ3) is 3.13. The van der Waals surface area contributed by atoms with Crippen LogP contribution >= 0.6 is 0 Å². The van der Waals surface area contributed by atoms with E-state index >= 15 is 0 Å². The monoisotopic (exact) mass is 340 g/mol. The first-order chi connectivity index (χ1) is 12.0. The minimum atomic E-state index is -0.476. The predicted octanol–water partition coefficient (Wildman–Crippen LogP) is 1.82. The van der Waals surface area contributed by atoms with Crippen molar-refractivity contribution in [1.29, 1.82) is 0 Å². The average molecular weight is 340 g/mol. The summed E-state index contributed by atoms with van der Waals surface area (Å²) in [5.74, 6) is -0.0586. The number of hydrogen-bond acceptors (Lipinski definition) is 3. The lowest BCUT2D eigenvalue weighted by Crippen LogP contribution is -2.38. The molecule has 1 unspecified atom stereocenters. The van der Waals surface area contributed by atoms with E-state index in [9.17, 15) is 14.4 Å². The molecule has 7 nitrogen and oxygen atoms in total. The van der Waals surface area contributed by atoms with Gasteiger partial charge in [-0.2, -0.15) is 0 Å². The van der Waals surface area contributed by atoms with Crippen molar-refractivity contribution in [3.8, 4) is 0 Å². The highest BCUT2D eigenvalue weighted by molar-refractivity contribution is 5.99. The van der Waals surface area contributed by atoms with Crippen LogP contribution in [0, 0.1) is 0 Å². The number of benzene rings is 1. The first kappa shape index (κ1) is 16.8. The van der Waals surface area contributed by atoms with Crippen LogP contribution in [-0.4, -0.2) is 35.0 Å². The van der Waals surface area contributed by atoms with Gasteiger partial charge in [0.15, 0.2) is 0 Å². The molecule has 3 amide bonds. The first-order valence-electron chi connectivity index (χ1n) is 8.13. The number of aryl methyl sites for hydroxylation is 1. The van der Waals surface area contributed by atoms with E-state index in [-0.39, 0.29) is 29.7 Å². The van der Waals surface area contributed by atoms with E-state index in [2.05, 4.69) is 10.6 Å². The largest absolute Gasteiger partial charge is 0.335 e. The van der Waals surface area contributed by atoms with Gasteiger partial charge in [0.2, 0.25) is 0 Å². The Labute approximate surface area is 145 Å². The maximum absolute atomic E-state index is 12.2. The second kappa shape index (κ2) is 6.80. The van der Waals surface area contributed by atoms with Gasteiger partial charge in [-0.3, -0.25) is 9.59 Å². The van der Waals surface area contributed by atoms with E-state index in [4.69, 9.17) is 0 Å². The Kier molecular flexibility index (Phi) is 4.56. The number of anilines is 1. The van der Waals surface area contributed by atoms with E-state index in [1.54, 1.807) is 36.3 Å². The molecule has 130 valence electrons. The zero-order chi connectivity index (χ0) is 18.0. The number of carbonyl (C=O) groups is 2. The standard InChI is InChI=1S/C18H20N4O3/c1-3-22-10-6-9-14(17(22)24)20-18(25)19-11-15-12-7-4-5-8-13(12)16(23)21(15)2/h4-10,15H,3,11H2,1-2H3,(H2,19,20,25). The Hall–Kier alpha value is -3.09. The molecule has 7 heteroatoms. The van der Waals surface area contributed by atoms with Crippen LogP contribution in [0.2, 0.25) is 0 Å². The second-order valence-corrected chi connectivity index (χ2v) is 5.87. The number of carbonyl (C=O) groups excluding carboxylic acids is 2. The van der Waals surface area contributed by atoms with Crippen LogP contribution in [0.25, 0.3) is 0 Å². The summed E-state index contributed by atoms with van der Waals surface area (Å²) in [6.45, 7) is 2.65. The Morgan fingerprint density at radius 2 is 1.92 bits per heavy atom. The van der Waals surface area contributed by atoms with Crippen molar-refractivity contribution in [3.63, 3.8) is 0 Å². The quantitative estimate of drug-likeness (QED) is 0.890. The lowest BCUT2D eigenvalue weighted by molar-refractivity contribution is 0.0774. The molecule has 0 saturated carbocycles. The third-order valence-electron chi connectivity index (χ3n) is 4.40. The molecule has 1 aromatic heterocycles. The first-order valence-corrected chi connectivity index (χ1v) is 8.13. The smallest absolute Gasteiger partial charge is 0.319 e. The highest BCUT2D eigenvalue weighted by atomic mass is 16.2. The zero-order valence-electron chi connectivity index (χ0n) is 14.2. The molecule has 0 spiro atoms. The van der Waals surface area contributed by atoms with E-state index in [0.717, 1.165) is 5.56 Å². The van der Waals surface area contributed by atoms with E-state index in [0.29, 0.717) is 12.1 Å². The highest BCUT2D eigenvalue weighted by Gasteiger charge is 2.33.